The van der Waals surface area contributed by atoms with Crippen molar-refractivity contribution in [1.82, 2.24) is 4.98 Å². The maximum atomic E-state index is 7.01. The fourth-order valence-corrected chi connectivity index (χ4v) is 1.95. The van der Waals surface area contributed by atoms with Crippen molar-refractivity contribution in [3.05, 3.63) is 34.7 Å². The van der Waals surface area contributed by atoms with Crippen LogP contribution in [-0.2, 0) is 6.42 Å². The largest absolute Gasteiger partial charge is 0.357 e. The quantitative estimate of drug-likeness (QED) is 0.685. The van der Waals surface area contributed by atoms with Crippen LogP contribution in [0.3, 0.4) is 0 Å². The number of aromatic amines is 1. The Hall–Kier alpha value is -1.79. The molecule has 1 heterocycles. The summed E-state index contributed by atoms with van der Waals surface area (Å²) in [6.07, 6.45) is 12.3. The smallest absolute Gasteiger partial charge is 0.0556 e. The van der Waals surface area contributed by atoms with E-state index in [2.05, 4.69) is 29.1 Å². The van der Waals surface area contributed by atoms with Gasteiger partial charge < -0.3 is 4.98 Å². The highest BCUT2D eigenvalue weighted by Crippen LogP contribution is 2.27. The Morgan fingerprint density at radius 2 is 2.40 bits per heavy atom. The molecule has 2 nitrogen and oxygen atoms in total. The van der Waals surface area contributed by atoms with Crippen LogP contribution in [-0.4, -0.2) is 10.9 Å². The molecule has 0 saturated carbocycles. The van der Waals surface area contributed by atoms with Gasteiger partial charge in [-0.3, -0.25) is 5.41 Å². The second kappa shape index (κ2) is 4.16. The molecule has 0 unspecified atom stereocenters. The highest BCUT2D eigenvalue weighted by atomic mass is 14.7. The third kappa shape index (κ3) is 1.72. The lowest BCUT2D eigenvalue weighted by Crippen LogP contribution is -1.91. The van der Waals surface area contributed by atoms with Crippen molar-refractivity contribution in [3.8, 4) is 0 Å². The molecule has 2 N–H and O–H groups in total. The molecule has 1 aromatic rings. The first-order valence-corrected chi connectivity index (χ1v) is 5.16. The molecule has 0 saturated heterocycles. The van der Waals surface area contributed by atoms with E-state index in [4.69, 9.17) is 5.41 Å². The SMILES string of the molecule is C/C=C\c1c(C=C=N)[nH]c2c1C=CCC2. The summed E-state index contributed by atoms with van der Waals surface area (Å²) in [5.74, 6) is 2.33. The van der Waals surface area contributed by atoms with Crippen LogP contribution in [0.15, 0.2) is 12.2 Å². The maximum absolute atomic E-state index is 7.01. The Kier molecular flexibility index (Phi) is 2.70. The van der Waals surface area contributed by atoms with Crippen molar-refractivity contribution in [3.63, 3.8) is 0 Å². The van der Waals surface area contributed by atoms with Gasteiger partial charge in [0.15, 0.2) is 0 Å². The Balaban J connectivity index is 2.61. The first-order valence-electron chi connectivity index (χ1n) is 5.16. The average Bonchev–Trinajstić information content (AvgIpc) is 2.59. The molecule has 0 amide bonds. The minimum absolute atomic E-state index is 0.986. The van der Waals surface area contributed by atoms with Crippen molar-refractivity contribution >= 4 is 24.1 Å². The van der Waals surface area contributed by atoms with Crippen LogP contribution >= 0.6 is 0 Å². The number of rotatable bonds is 2. The fourth-order valence-electron chi connectivity index (χ4n) is 1.95. The maximum Gasteiger partial charge on any atom is 0.0556 e. The molecule has 2 rings (SSSR count). The molecule has 0 spiro atoms. The Bertz CT molecular complexity index is 469. The number of aromatic nitrogens is 1. The number of allylic oxidation sites excluding steroid dienone is 2. The molecule has 15 heavy (non-hydrogen) atoms. The van der Waals surface area contributed by atoms with Crippen molar-refractivity contribution in [2.75, 3.05) is 0 Å². The Morgan fingerprint density at radius 1 is 1.53 bits per heavy atom. The zero-order chi connectivity index (χ0) is 10.7. The zero-order valence-electron chi connectivity index (χ0n) is 8.80. The summed E-state index contributed by atoms with van der Waals surface area (Å²) in [5, 5.41) is 7.01. The average molecular weight is 198 g/mol. The molecule has 0 aromatic carbocycles. The second-order valence-corrected chi connectivity index (χ2v) is 3.57. The molecule has 0 bridgehead atoms. The molecule has 76 valence electrons. The summed E-state index contributed by atoms with van der Waals surface area (Å²) in [6, 6.07) is 0. The lowest BCUT2D eigenvalue weighted by molar-refractivity contribution is 0.944. The van der Waals surface area contributed by atoms with E-state index >= 15 is 0 Å². The van der Waals surface area contributed by atoms with Gasteiger partial charge in [-0.25, -0.2) is 0 Å². The first-order chi connectivity index (χ1) is 7.36. The van der Waals surface area contributed by atoms with Crippen LogP contribution in [0.2, 0.25) is 0 Å². The molecule has 0 aliphatic heterocycles. The normalized spacial score (nSPS) is 13.9. The van der Waals surface area contributed by atoms with Crippen molar-refractivity contribution < 1.29 is 0 Å². The van der Waals surface area contributed by atoms with Gasteiger partial charge in [-0.05, 0) is 25.6 Å². The van der Waals surface area contributed by atoms with Gasteiger partial charge in [0.25, 0.3) is 0 Å². The van der Waals surface area contributed by atoms with Crippen LogP contribution in [0.4, 0.5) is 0 Å². The minimum atomic E-state index is 0.986. The van der Waals surface area contributed by atoms with Crippen LogP contribution in [0, 0.1) is 5.41 Å². The van der Waals surface area contributed by atoms with E-state index in [0.29, 0.717) is 0 Å². The van der Waals surface area contributed by atoms with Gasteiger partial charge in [-0.2, -0.15) is 0 Å². The van der Waals surface area contributed by atoms with Gasteiger partial charge in [0.1, 0.15) is 0 Å². The monoisotopic (exact) mass is 198 g/mol. The zero-order valence-corrected chi connectivity index (χ0v) is 8.80. The van der Waals surface area contributed by atoms with Crippen molar-refractivity contribution in [2.24, 2.45) is 0 Å². The van der Waals surface area contributed by atoms with Crippen LogP contribution in [0.25, 0.3) is 18.2 Å². The predicted molar refractivity (Wildman–Crippen MR) is 65.0 cm³/mol. The molecular formula is C13H14N2. The van der Waals surface area contributed by atoms with E-state index in [9.17, 15) is 0 Å². The molecule has 1 aliphatic rings. The molecule has 0 atom stereocenters. The Labute approximate surface area is 89.5 Å². The summed E-state index contributed by atoms with van der Waals surface area (Å²) in [5.41, 5.74) is 4.69. The van der Waals surface area contributed by atoms with Gasteiger partial charge in [-0.15, -0.1) is 0 Å². The van der Waals surface area contributed by atoms with Crippen molar-refractivity contribution in [1.29, 1.82) is 5.41 Å². The summed E-state index contributed by atoms with van der Waals surface area (Å²) in [7, 11) is 0. The van der Waals surface area contributed by atoms with E-state index in [1.54, 1.807) is 6.08 Å². The van der Waals surface area contributed by atoms with E-state index in [1.807, 2.05) is 13.0 Å². The highest BCUT2D eigenvalue weighted by Gasteiger charge is 2.13. The summed E-state index contributed by atoms with van der Waals surface area (Å²) in [4.78, 5) is 3.35. The first kappa shape index (κ1) is 9.75. The molecule has 1 aromatic heterocycles. The summed E-state index contributed by atoms with van der Waals surface area (Å²) >= 11 is 0. The lowest BCUT2D eigenvalue weighted by atomic mass is 10.0. The predicted octanol–water partition coefficient (Wildman–Crippen LogP) is 3.27. The number of aryl methyl sites for hydroxylation is 1. The van der Waals surface area contributed by atoms with E-state index in [-0.39, 0.29) is 0 Å². The number of nitrogens with one attached hydrogen (secondary N) is 2. The standard InChI is InChI=1S/C13H14N2/c1-2-5-10-11-6-3-4-7-12(11)15-13(10)8-9-14/h2-3,5-6,8,14-15H,4,7H2,1H3/b5-2-. The van der Waals surface area contributed by atoms with Crippen LogP contribution in [0.5, 0.6) is 0 Å². The molecule has 0 fully saturated rings. The third-order valence-electron chi connectivity index (χ3n) is 2.59. The van der Waals surface area contributed by atoms with Gasteiger partial charge in [-0.1, -0.05) is 24.3 Å². The molecular weight excluding hydrogens is 184 g/mol. The summed E-state index contributed by atoms with van der Waals surface area (Å²) < 4.78 is 0. The number of H-pyrrole nitrogens is 1. The van der Waals surface area contributed by atoms with Crippen LogP contribution < -0.4 is 0 Å². The van der Waals surface area contributed by atoms with E-state index in [1.165, 1.54) is 16.8 Å². The van der Waals surface area contributed by atoms with Gasteiger partial charge in [0, 0.05) is 22.9 Å². The highest BCUT2D eigenvalue weighted by molar-refractivity contribution is 5.83. The van der Waals surface area contributed by atoms with Gasteiger partial charge in [0.2, 0.25) is 0 Å². The molecule has 1 aliphatic carbocycles. The van der Waals surface area contributed by atoms with Crippen molar-refractivity contribution in [2.45, 2.75) is 19.8 Å². The molecule has 2 heteroatoms. The lowest BCUT2D eigenvalue weighted by Gasteiger charge is -2.04. The number of hydrogen-bond donors (Lipinski definition) is 2. The third-order valence-corrected chi connectivity index (χ3v) is 2.59. The topological polar surface area (TPSA) is 39.6 Å². The van der Waals surface area contributed by atoms with Gasteiger partial charge in [0.05, 0.1) is 5.69 Å². The molecule has 0 radical (unpaired) electrons. The number of hydrogen-bond acceptors (Lipinski definition) is 1. The summed E-state index contributed by atoms with van der Waals surface area (Å²) in [6.45, 7) is 2.00. The van der Waals surface area contributed by atoms with E-state index < -0.39 is 0 Å². The second-order valence-electron chi connectivity index (χ2n) is 3.57. The Morgan fingerprint density at radius 3 is 3.13 bits per heavy atom. The van der Waals surface area contributed by atoms with E-state index in [0.717, 1.165) is 18.5 Å². The fraction of sp³-hybridized carbons (Fsp3) is 0.231. The van der Waals surface area contributed by atoms with Crippen LogP contribution in [0.1, 0.15) is 35.9 Å². The minimum Gasteiger partial charge on any atom is -0.357 e. The number of fused-ring (bicyclic) bond motifs is 1. The van der Waals surface area contributed by atoms with Gasteiger partial charge >= 0.3 is 0 Å².